The van der Waals surface area contributed by atoms with Crippen LogP contribution in [0.4, 0.5) is 5.13 Å². The van der Waals surface area contributed by atoms with E-state index in [1.807, 2.05) is 18.3 Å². The van der Waals surface area contributed by atoms with Crippen molar-refractivity contribution in [2.24, 2.45) is 0 Å². The lowest BCUT2D eigenvalue weighted by Crippen LogP contribution is -2.14. The van der Waals surface area contributed by atoms with E-state index in [-0.39, 0.29) is 11.7 Å². The molecule has 0 aliphatic heterocycles. The summed E-state index contributed by atoms with van der Waals surface area (Å²) in [7, 11) is 0. The van der Waals surface area contributed by atoms with E-state index in [1.165, 1.54) is 51.8 Å². The summed E-state index contributed by atoms with van der Waals surface area (Å²) in [6.07, 6.45) is 7.01. The van der Waals surface area contributed by atoms with Crippen LogP contribution in [0.1, 0.15) is 52.9 Å². The van der Waals surface area contributed by atoms with Crippen molar-refractivity contribution >= 4 is 61.3 Å². The molecule has 30 heavy (non-hydrogen) atoms. The highest BCUT2D eigenvalue weighted by Crippen LogP contribution is 2.44. The molecule has 154 valence electrons. The van der Waals surface area contributed by atoms with Crippen molar-refractivity contribution in [3.05, 3.63) is 21.3 Å². The summed E-state index contributed by atoms with van der Waals surface area (Å²) >= 11 is 4.59. The Bertz CT molecular complexity index is 1290. The largest absolute Gasteiger partial charge is 0.300 e. The number of fused-ring (bicyclic) bond motifs is 5. The summed E-state index contributed by atoms with van der Waals surface area (Å²) in [5.41, 5.74) is 2.32. The molecule has 1 fully saturated rings. The second-order valence-corrected chi connectivity index (χ2v) is 10.9. The van der Waals surface area contributed by atoms with Crippen molar-refractivity contribution in [3.8, 4) is 0 Å². The number of nitrogens with one attached hydrogen (secondary N) is 1. The highest BCUT2D eigenvalue weighted by molar-refractivity contribution is 7.99. The summed E-state index contributed by atoms with van der Waals surface area (Å²) in [5, 5.41) is 23.0. The predicted molar refractivity (Wildman–Crippen MR) is 119 cm³/mol. The van der Waals surface area contributed by atoms with Crippen LogP contribution in [0.3, 0.4) is 0 Å². The Hall–Kier alpha value is -2.11. The summed E-state index contributed by atoms with van der Waals surface area (Å²) in [4.78, 5) is 20.0. The van der Waals surface area contributed by atoms with Gasteiger partial charge in [-0.25, -0.2) is 4.98 Å². The number of aromatic nitrogens is 6. The van der Waals surface area contributed by atoms with Gasteiger partial charge in [0.25, 0.3) is 0 Å². The van der Waals surface area contributed by atoms with Crippen molar-refractivity contribution in [2.45, 2.75) is 56.5 Å². The van der Waals surface area contributed by atoms with Crippen molar-refractivity contribution in [3.63, 3.8) is 0 Å². The Balaban J connectivity index is 1.36. The summed E-state index contributed by atoms with van der Waals surface area (Å²) in [6.45, 7) is 1.86. The predicted octanol–water partition coefficient (Wildman–Crippen LogP) is 3.99. The zero-order valence-corrected chi connectivity index (χ0v) is 18.8. The van der Waals surface area contributed by atoms with Crippen LogP contribution in [0, 0.1) is 6.92 Å². The average molecular weight is 458 g/mol. The molecule has 11 heteroatoms. The zero-order valence-electron chi connectivity index (χ0n) is 16.3. The van der Waals surface area contributed by atoms with Crippen LogP contribution in [0.25, 0.3) is 15.9 Å². The number of hydrogen-bond donors (Lipinski definition) is 1. The number of hydrogen-bond acceptors (Lipinski definition) is 9. The number of nitrogens with zero attached hydrogens (tertiary/aromatic N) is 6. The van der Waals surface area contributed by atoms with E-state index in [4.69, 9.17) is 4.98 Å². The minimum Gasteiger partial charge on any atom is -0.300 e. The maximum absolute atomic E-state index is 12.4. The molecule has 4 aromatic heterocycles. The molecule has 0 spiro atoms. The lowest BCUT2D eigenvalue weighted by Gasteiger charge is -2.11. The minimum atomic E-state index is -0.122. The zero-order chi connectivity index (χ0) is 20.2. The molecular formula is C19H19N7OS3. The van der Waals surface area contributed by atoms with Gasteiger partial charge >= 0.3 is 0 Å². The molecule has 1 N–H and O–H groups in total. The van der Waals surface area contributed by atoms with Crippen molar-refractivity contribution in [2.75, 3.05) is 11.1 Å². The number of anilines is 1. The number of aryl methyl sites for hydroxylation is 3. The third-order valence-electron chi connectivity index (χ3n) is 5.50. The van der Waals surface area contributed by atoms with Crippen molar-refractivity contribution in [1.29, 1.82) is 0 Å². The molecule has 8 nitrogen and oxygen atoms in total. The van der Waals surface area contributed by atoms with Gasteiger partial charge < -0.3 is 0 Å². The number of amides is 1. The molecule has 0 bridgehead atoms. The Morgan fingerprint density at radius 3 is 2.83 bits per heavy atom. The van der Waals surface area contributed by atoms with E-state index in [1.54, 1.807) is 0 Å². The van der Waals surface area contributed by atoms with Crippen molar-refractivity contribution < 1.29 is 4.79 Å². The van der Waals surface area contributed by atoms with Crippen molar-refractivity contribution in [1.82, 2.24) is 29.8 Å². The molecule has 0 radical (unpaired) electrons. The van der Waals surface area contributed by atoms with E-state index < -0.39 is 0 Å². The van der Waals surface area contributed by atoms with Crippen LogP contribution in [0.15, 0.2) is 5.16 Å². The molecule has 0 unspecified atom stereocenters. The summed E-state index contributed by atoms with van der Waals surface area (Å²) in [5.74, 6) is 1.62. The number of carbonyl (C=O) groups is 1. The molecular weight excluding hydrogens is 438 g/mol. The molecule has 0 saturated heterocycles. The van der Waals surface area contributed by atoms with Gasteiger partial charge in [0.15, 0.2) is 10.8 Å². The second-order valence-electron chi connectivity index (χ2n) is 7.74. The molecule has 6 rings (SSSR count). The number of carbonyl (C=O) groups excluding carboxylic acids is 1. The van der Waals surface area contributed by atoms with Crippen LogP contribution in [0.5, 0.6) is 0 Å². The second kappa shape index (κ2) is 7.24. The molecule has 2 aliphatic carbocycles. The van der Waals surface area contributed by atoms with E-state index in [2.05, 4.69) is 30.1 Å². The van der Waals surface area contributed by atoms with Crippen LogP contribution in [-0.4, -0.2) is 41.4 Å². The monoisotopic (exact) mass is 457 g/mol. The fourth-order valence-corrected chi connectivity index (χ4v) is 6.61. The molecule has 4 aromatic rings. The molecule has 2 aliphatic rings. The topological polar surface area (TPSA) is 98.0 Å². The normalized spacial score (nSPS) is 16.3. The lowest BCUT2D eigenvalue weighted by atomic mass is 9.97. The Morgan fingerprint density at radius 2 is 2.03 bits per heavy atom. The Kier molecular flexibility index (Phi) is 4.50. The van der Waals surface area contributed by atoms with E-state index in [9.17, 15) is 4.79 Å². The van der Waals surface area contributed by atoms with Gasteiger partial charge in [-0.15, -0.1) is 31.7 Å². The molecule has 1 amide bonds. The van der Waals surface area contributed by atoms with E-state index in [0.717, 1.165) is 52.1 Å². The van der Waals surface area contributed by atoms with Gasteiger partial charge in [0.1, 0.15) is 15.7 Å². The van der Waals surface area contributed by atoms with Gasteiger partial charge in [-0.2, -0.15) is 0 Å². The maximum Gasteiger partial charge on any atom is 0.236 e. The smallest absolute Gasteiger partial charge is 0.236 e. The first-order valence-electron chi connectivity index (χ1n) is 10.1. The fraction of sp³-hybridized carbons (Fsp3) is 0.474. The quantitative estimate of drug-likeness (QED) is 0.453. The number of rotatable bonds is 5. The first kappa shape index (κ1) is 18.6. The number of thioether (sulfide) groups is 1. The van der Waals surface area contributed by atoms with Crippen LogP contribution in [-0.2, 0) is 17.6 Å². The van der Waals surface area contributed by atoms with E-state index >= 15 is 0 Å². The standard InChI is InChI=1S/C19H19N7OS3/c1-9-22-24-18(29-9)20-13(27)8-28-19-25-23-16-14-11-4-2-3-5-12(11)30-17(14)21-15(26(16)19)10-6-7-10/h10H,2-8H2,1H3,(H,20,24,27). The SMILES string of the molecule is Cc1nnc(NC(=O)CSc2nnc3c4c5c(sc4nc(C4CC4)n23)CCCC5)s1. The van der Waals surface area contributed by atoms with Crippen LogP contribution in [0.2, 0.25) is 0 Å². The van der Waals surface area contributed by atoms with E-state index in [0.29, 0.717) is 11.0 Å². The summed E-state index contributed by atoms with van der Waals surface area (Å²) in [6, 6.07) is 0. The fourth-order valence-electron chi connectivity index (χ4n) is 3.99. The Morgan fingerprint density at radius 1 is 1.17 bits per heavy atom. The summed E-state index contributed by atoms with van der Waals surface area (Å²) < 4.78 is 2.11. The molecule has 0 atom stereocenters. The first-order chi connectivity index (χ1) is 14.7. The first-order valence-corrected chi connectivity index (χ1v) is 12.7. The van der Waals surface area contributed by atoms with Gasteiger partial charge in [-0.05, 0) is 51.0 Å². The molecule has 0 aromatic carbocycles. The van der Waals surface area contributed by atoms with Gasteiger partial charge in [-0.3, -0.25) is 14.5 Å². The maximum atomic E-state index is 12.4. The molecule has 1 saturated carbocycles. The minimum absolute atomic E-state index is 0.122. The van der Waals surface area contributed by atoms with Gasteiger partial charge in [0, 0.05) is 10.8 Å². The van der Waals surface area contributed by atoms with Crippen LogP contribution >= 0.6 is 34.4 Å². The average Bonchev–Trinajstić information content (AvgIpc) is 3.20. The lowest BCUT2D eigenvalue weighted by molar-refractivity contribution is -0.113. The number of thiophene rings is 1. The highest BCUT2D eigenvalue weighted by Gasteiger charge is 2.32. The highest BCUT2D eigenvalue weighted by atomic mass is 32.2. The Labute approximate surface area is 184 Å². The van der Waals surface area contributed by atoms with Gasteiger partial charge in [0.05, 0.1) is 11.1 Å². The molecule has 4 heterocycles. The van der Waals surface area contributed by atoms with Gasteiger partial charge in [-0.1, -0.05) is 23.1 Å². The third-order valence-corrected chi connectivity index (χ3v) is 8.37. The van der Waals surface area contributed by atoms with Gasteiger partial charge in [0.2, 0.25) is 11.0 Å². The third kappa shape index (κ3) is 3.19. The van der Waals surface area contributed by atoms with Crippen LogP contribution < -0.4 is 5.32 Å².